The van der Waals surface area contributed by atoms with E-state index < -0.39 is 5.97 Å². The first kappa shape index (κ1) is 9.95. The smallest absolute Gasteiger partial charge is 0.359 e. The fourth-order valence-electron chi connectivity index (χ4n) is 0.602. The normalized spacial score (nSPS) is 9.92. The van der Waals surface area contributed by atoms with Crippen LogP contribution in [0.5, 0.6) is 0 Å². The minimum absolute atomic E-state index is 0.176. The number of aromatic nitrogens is 1. The number of thiazole rings is 1. The molecule has 6 heteroatoms. The van der Waals surface area contributed by atoms with Gasteiger partial charge in [0.15, 0.2) is 9.61 Å². The summed E-state index contributed by atoms with van der Waals surface area (Å²) in [6.45, 7) is 2.05. The van der Waals surface area contributed by atoms with Crippen LogP contribution in [0.2, 0.25) is 4.34 Å². The standard InChI is InChI=1S/C6H5BrClNO2S/c1-2-11-5(10)3-4(8)12-6(7)9-3/h2H2,1H3. The van der Waals surface area contributed by atoms with E-state index in [1.54, 1.807) is 6.92 Å². The summed E-state index contributed by atoms with van der Waals surface area (Å²) in [5.74, 6) is -0.482. The van der Waals surface area contributed by atoms with Gasteiger partial charge in [-0.05, 0) is 22.9 Å². The molecule has 1 rings (SSSR count). The number of nitrogens with zero attached hydrogens (tertiary/aromatic N) is 1. The van der Waals surface area contributed by atoms with Gasteiger partial charge in [0.1, 0.15) is 4.34 Å². The maximum absolute atomic E-state index is 11.1. The number of carbonyl (C=O) groups is 1. The molecule has 0 aliphatic heterocycles. The van der Waals surface area contributed by atoms with E-state index in [4.69, 9.17) is 16.3 Å². The van der Waals surface area contributed by atoms with Crippen molar-refractivity contribution in [1.82, 2.24) is 4.98 Å². The van der Waals surface area contributed by atoms with Crippen molar-refractivity contribution in [3.05, 3.63) is 13.9 Å². The van der Waals surface area contributed by atoms with Crippen LogP contribution in [0.15, 0.2) is 3.92 Å². The summed E-state index contributed by atoms with van der Waals surface area (Å²) >= 11 is 10.0. The molecule has 0 N–H and O–H groups in total. The Morgan fingerprint density at radius 2 is 2.50 bits per heavy atom. The molecule has 0 bridgehead atoms. The molecule has 0 saturated heterocycles. The maximum atomic E-state index is 11.1. The average Bonchev–Trinajstić information content (AvgIpc) is 2.30. The third-order valence-electron chi connectivity index (χ3n) is 1.03. The number of rotatable bonds is 2. The van der Waals surface area contributed by atoms with Gasteiger partial charge in [0.25, 0.3) is 0 Å². The summed E-state index contributed by atoms with van der Waals surface area (Å²) in [5, 5.41) is 0. The van der Waals surface area contributed by atoms with Crippen LogP contribution in [-0.4, -0.2) is 17.6 Å². The fraction of sp³-hybridized carbons (Fsp3) is 0.333. The van der Waals surface area contributed by atoms with Gasteiger partial charge in [0.05, 0.1) is 6.61 Å². The molecule has 1 aromatic rings. The lowest BCUT2D eigenvalue weighted by molar-refractivity contribution is 0.0520. The molecule has 12 heavy (non-hydrogen) atoms. The molecule has 0 spiro atoms. The van der Waals surface area contributed by atoms with E-state index in [1.165, 1.54) is 11.3 Å². The lowest BCUT2D eigenvalue weighted by atomic mass is 10.5. The Kier molecular flexibility index (Phi) is 3.49. The number of ether oxygens (including phenoxy) is 1. The number of hydrogen-bond acceptors (Lipinski definition) is 4. The number of esters is 1. The molecule has 0 atom stereocenters. The average molecular weight is 271 g/mol. The summed E-state index contributed by atoms with van der Waals surface area (Å²) < 4.78 is 5.65. The van der Waals surface area contributed by atoms with Gasteiger partial charge in [0.2, 0.25) is 0 Å². The first-order valence-electron chi connectivity index (χ1n) is 3.14. The van der Waals surface area contributed by atoms with Crippen LogP contribution in [0.25, 0.3) is 0 Å². The van der Waals surface area contributed by atoms with Crippen LogP contribution in [0.3, 0.4) is 0 Å². The molecule has 0 saturated carbocycles. The second-order valence-electron chi connectivity index (χ2n) is 1.81. The highest BCUT2D eigenvalue weighted by Gasteiger charge is 2.16. The van der Waals surface area contributed by atoms with Crippen LogP contribution in [0, 0.1) is 0 Å². The minimum Gasteiger partial charge on any atom is -0.461 e. The van der Waals surface area contributed by atoms with Crippen molar-refractivity contribution in [3.63, 3.8) is 0 Å². The Morgan fingerprint density at radius 3 is 2.92 bits per heavy atom. The zero-order chi connectivity index (χ0) is 9.14. The lowest BCUT2D eigenvalue weighted by Gasteiger charge is -1.96. The molecule has 3 nitrogen and oxygen atoms in total. The molecule has 0 aliphatic carbocycles. The number of halogens is 2. The highest BCUT2D eigenvalue weighted by molar-refractivity contribution is 9.11. The summed E-state index contributed by atoms with van der Waals surface area (Å²) in [7, 11) is 0. The molecular weight excluding hydrogens is 265 g/mol. The van der Waals surface area contributed by atoms with Gasteiger partial charge < -0.3 is 4.74 Å². The van der Waals surface area contributed by atoms with Gasteiger partial charge in [0, 0.05) is 0 Å². The van der Waals surface area contributed by atoms with Crippen LogP contribution in [0.1, 0.15) is 17.4 Å². The van der Waals surface area contributed by atoms with Crippen molar-refractivity contribution in [2.75, 3.05) is 6.61 Å². The zero-order valence-electron chi connectivity index (χ0n) is 6.13. The summed E-state index contributed by atoms with van der Waals surface area (Å²) in [5.41, 5.74) is 0.176. The first-order valence-corrected chi connectivity index (χ1v) is 5.12. The van der Waals surface area contributed by atoms with Crippen molar-refractivity contribution in [1.29, 1.82) is 0 Å². The van der Waals surface area contributed by atoms with Crippen molar-refractivity contribution in [2.24, 2.45) is 0 Å². The van der Waals surface area contributed by atoms with Gasteiger partial charge in [-0.1, -0.05) is 22.9 Å². The van der Waals surface area contributed by atoms with E-state index in [-0.39, 0.29) is 5.69 Å². The van der Waals surface area contributed by atoms with Crippen molar-refractivity contribution >= 4 is 44.8 Å². The van der Waals surface area contributed by atoms with Crippen molar-refractivity contribution in [3.8, 4) is 0 Å². The van der Waals surface area contributed by atoms with E-state index in [0.29, 0.717) is 14.9 Å². The van der Waals surface area contributed by atoms with E-state index >= 15 is 0 Å². The molecule has 0 fully saturated rings. The quantitative estimate of drug-likeness (QED) is 0.776. The Morgan fingerprint density at radius 1 is 1.83 bits per heavy atom. The summed E-state index contributed by atoms with van der Waals surface area (Å²) in [6, 6.07) is 0. The Hall–Kier alpha value is -0.130. The fourth-order valence-corrected chi connectivity index (χ4v) is 2.39. The monoisotopic (exact) mass is 269 g/mol. The largest absolute Gasteiger partial charge is 0.461 e. The second kappa shape index (κ2) is 4.20. The predicted molar refractivity (Wildman–Crippen MR) is 50.8 cm³/mol. The Balaban J connectivity index is 2.87. The summed E-state index contributed by atoms with van der Waals surface area (Å²) in [6.07, 6.45) is 0. The van der Waals surface area contributed by atoms with Gasteiger partial charge in [-0.15, -0.1) is 0 Å². The SMILES string of the molecule is CCOC(=O)c1nc(Br)sc1Cl. The van der Waals surface area contributed by atoms with Crippen LogP contribution in [0.4, 0.5) is 0 Å². The van der Waals surface area contributed by atoms with Crippen molar-refractivity contribution in [2.45, 2.75) is 6.92 Å². The van der Waals surface area contributed by atoms with E-state index in [0.717, 1.165) is 0 Å². The van der Waals surface area contributed by atoms with Crippen LogP contribution in [-0.2, 0) is 4.74 Å². The van der Waals surface area contributed by atoms with Gasteiger partial charge in [-0.2, -0.15) is 0 Å². The molecule has 0 amide bonds. The number of hydrogen-bond donors (Lipinski definition) is 0. The Bertz CT molecular complexity index is 302. The summed E-state index contributed by atoms with van der Waals surface area (Å²) in [4.78, 5) is 15.0. The molecule has 0 aliphatic rings. The van der Waals surface area contributed by atoms with Crippen molar-refractivity contribution < 1.29 is 9.53 Å². The minimum atomic E-state index is -0.482. The van der Waals surface area contributed by atoms with E-state index in [2.05, 4.69) is 20.9 Å². The highest BCUT2D eigenvalue weighted by atomic mass is 79.9. The molecule has 66 valence electrons. The molecule has 1 heterocycles. The molecular formula is C6H5BrClNO2S. The van der Waals surface area contributed by atoms with E-state index in [9.17, 15) is 4.79 Å². The van der Waals surface area contributed by atoms with Crippen LogP contribution >= 0.6 is 38.9 Å². The molecule has 0 aromatic carbocycles. The maximum Gasteiger partial charge on any atom is 0.359 e. The van der Waals surface area contributed by atoms with Gasteiger partial charge >= 0.3 is 5.97 Å². The first-order chi connectivity index (χ1) is 5.65. The van der Waals surface area contributed by atoms with E-state index in [1.807, 2.05) is 0 Å². The molecule has 1 aromatic heterocycles. The second-order valence-corrected chi connectivity index (χ2v) is 4.69. The topological polar surface area (TPSA) is 39.2 Å². The van der Waals surface area contributed by atoms with Gasteiger partial charge in [-0.25, -0.2) is 9.78 Å². The third-order valence-corrected chi connectivity index (χ3v) is 2.73. The Labute approximate surface area is 86.8 Å². The molecule has 0 unspecified atom stereocenters. The van der Waals surface area contributed by atoms with Crippen LogP contribution < -0.4 is 0 Å². The predicted octanol–water partition coefficient (Wildman–Crippen LogP) is 2.74. The highest BCUT2D eigenvalue weighted by Crippen LogP contribution is 2.28. The lowest BCUT2D eigenvalue weighted by Crippen LogP contribution is -2.05. The number of carbonyl (C=O) groups excluding carboxylic acids is 1. The third kappa shape index (κ3) is 2.18. The van der Waals surface area contributed by atoms with Gasteiger partial charge in [-0.3, -0.25) is 0 Å². The zero-order valence-corrected chi connectivity index (χ0v) is 9.29. The molecule has 0 radical (unpaired) electrons.